The van der Waals surface area contributed by atoms with E-state index in [4.69, 9.17) is 11.6 Å². The van der Waals surface area contributed by atoms with Crippen LogP contribution >= 0.6 is 11.6 Å². The minimum absolute atomic E-state index is 0.153. The van der Waals surface area contributed by atoms with Gasteiger partial charge in [0.1, 0.15) is 0 Å². The summed E-state index contributed by atoms with van der Waals surface area (Å²) in [6.45, 7) is 0.558. The lowest BCUT2D eigenvalue weighted by Gasteiger charge is -2.15. The molecule has 26 heavy (non-hydrogen) atoms. The van der Waals surface area contributed by atoms with E-state index in [0.29, 0.717) is 29.1 Å². The largest absolute Gasteiger partial charge is 0.352 e. The van der Waals surface area contributed by atoms with Gasteiger partial charge in [0.2, 0.25) is 5.95 Å². The van der Waals surface area contributed by atoms with Crippen molar-refractivity contribution in [3.05, 3.63) is 52.8 Å². The number of carbonyl (C=O) groups excluding carboxylic acids is 1. The second kappa shape index (κ2) is 9.53. The Kier molecular flexibility index (Phi) is 6.83. The summed E-state index contributed by atoms with van der Waals surface area (Å²) in [6.07, 6.45) is 11.4. The molecule has 2 aromatic rings. The second-order valence-corrected chi connectivity index (χ2v) is 7.20. The molecule has 0 saturated heterocycles. The van der Waals surface area contributed by atoms with Crippen LogP contribution in [-0.2, 0) is 6.42 Å². The number of hydrogen-bond acceptors (Lipinski definition) is 4. The summed E-state index contributed by atoms with van der Waals surface area (Å²) in [6, 6.07) is 8.08. The Morgan fingerprint density at radius 1 is 1.04 bits per heavy atom. The van der Waals surface area contributed by atoms with Gasteiger partial charge in [-0.25, -0.2) is 9.97 Å². The van der Waals surface area contributed by atoms with Crippen LogP contribution in [0.3, 0.4) is 0 Å². The lowest BCUT2D eigenvalue weighted by molar-refractivity contribution is 0.0953. The molecule has 138 valence electrons. The first-order valence-corrected chi connectivity index (χ1v) is 9.70. The van der Waals surface area contributed by atoms with Crippen molar-refractivity contribution in [2.45, 2.75) is 51.0 Å². The van der Waals surface area contributed by atoms with Gasteiger partial charge in [0, 0.05) is 30.0 Å². The van der Waals surface area contributed by atoms with Crippen molar-refractivity contribution < 1.29 is 4.79 Å². The van der Waals surface area contributed by atoms with Gasteiger partial charge >= 0.3 is 0 Å². The molecule has 0 atom stereocenters. The number of benzene rings is 1. The van der Waals surface area contributed by atoms with E-state index in [1.165, 1.54) is 25.7 Å². The fourth-order valence-electron chi connectivity index (χ4n) is 3.20. The van der Waals surface area contributed by atoms with Crippen LogP contribution in [-0.4, -0.2) is 28.5 Å². The molecular formula is C20H25ClN4O. The smallest absolute Gasteiger partial charge is 0.254 e. The summed E-state index contributed by atoms with van der Waals surface area (Å²) in [7, 11) is 0. The van der Waals surface area contributed by atoms with Crippen LogP contribution in [0.2, 0.25) is 5.02 Å². The molecule has 1 aromatic heterocycles. The average Bonchev–Trinajstić information content (AvgIpc) is 2.92. The summed E-state index contributed by atoms with van der Waals surface area (Å²) in [5.74, 6) is 0.453. The summed E-state index contributed by atoms with van der Waals surface area (Å²) in [5, 5.41) is 7.01. The first-order chi connectivity index (χ1) is 12.7. The first kappa shape index (κ1) is 18.6. The maximum Gasteiger partial charge on any atom is 0.254 e. The van der Waals surface area contributed by atoms with Gasteiger partial charge in [0.05, 0.1) is 5.56 Å². The van der Waals surface area contributed by atoms with Crippen LogP contribution in [0.4, 0.5) is 5.95 Å². The van der Waals surface area contributed by atoms with E-state index in [2.05, 4.69) is 20.6 Å². The van der Waals surface area contributed by atoms with Crippen LogP contribution in [0, 0.1) is 0 Å². The third kappa shape index (κ3) is 5.70. The molecule has 0 radical (unpaired) electrons. The summed E-state index contributed by atoms with van der Waals surface area (Å²) in [4.78, 5) is 20.8. The lowest BCUT2D eigenvalue weighted by Crippen LogP contribution is -2.26. The lowest BCUT2D eigenvalue weighted by atomic mass is 10.1. The number of nitrogens with one attached hydrogen (secondary N) is 2. The van der Waals surface area contributed by atoms with Crippen LogP contribution in [0.1, 0.15) is 54.4 Å². The maximum absolute atomic E-state index is 12.2. The van der Waals surface area contributed by atoms with Crippen molar-refractivity contribution in [2.24, 2.45) is 0 Å². The Labute approximate surface area is 159 Å². The number of hydrogen-bond donors (Lipinski definition) is 2. The third-order valence-corrected chi connectivity index (χ3v) is 4.97. The molecule has 3 rings (SSSR count). The molecule has 0 bridgehead atoms. The van der Waals surface area contributed by atoms with Crippen molar-refractivity contribution in [3.63, 3.8) is 0 Å². The van der Waals surface area contributed by atoms with Gasteiger partial charge in [-0.2, -0.15) is 0 Å². The van der Waals surface area contributed by atoms with Gasteiger partial charge in [-0.15, -0.1) is 0 Å². The Bertz CT molecular complexity index is 695. The molecule has 0 aliphatic heterocycles. The van der Waals surface area contributed by atoms with Crippen molar-refractivity contribution in [2.75, 3.05) is 11.9 Å². The van der Waals surface area contributed by atoms with E-state index in [-0.39, 0.29) is 5.91 Å². The standard InChI is InChI=1S/C20H25ClN4O/c21-17-9-7-15(8-10-17)11-12-22-19(26)16-13-23-20(24-14-16)25-18-5-3-1-2-4-6-18/h7-10,13-14,18H,1-6,11-12H2,(H,22,26)(H,23,24,25). The molecule has 6 heteroatoms. The number of rotatable bonds is 6. The fraction of sp³-hybridized carbons (Fsp3) is 0.450. The molecule has 1 amide bonds. The van der Waals surface area contributed by atoms with Crippen molar-refractivity contribution in [3.8, 4) is 0 Å². The molecule has 1 aliphatic carbocycles. The minimum atomic E-state index is -0.153. The van der Waals surface area contributed by atoms with Crippen LogP contribution < -0.4 is 10.6 Å². The van der Waals surface area contributed by atoms with Gasteiger partial charge in [-0.3, -0.25) is 4.79 Å². The van der Waals surface area contributed by atoms with Crippen LogP contribution in [0.5, 0.6) is 0 Å². The van der Waals surface area contributed by atoms with E-state index < -0.39 is 0 Å². The summed E-state index contributed by atoms with van der Waals surface area (Å²) >= 11 is 5.87. The van der Waals surface area contributed by atoms with Crippen LogP contribution in [0.15, 0.2) is 36.7 Å². The summed E-state index contributed by atoms with van der Waals surface area (Å²) < 4.78 is 0. The Balaban J connectivity index is 1.46. The topological polar surface area (TPSA) is 66.9 Å². The predicted molar refractivity (Wildman–Crippen MR) is 105 cm³/mol. The molecule has 1 saturated carbocycles. The zero-order valence-electron chi connectivity index (χ0n) is 14.9. The zero-order valence-corrected chi connectivity index (χ0v) is 15.6. The van der Waals surface area contributed by atoms with E-state index in [1.807, 2.05) is 24.3 Å². The van der Waals surface area contributed by atoms with E-state index >= 15 is 0 Å². The number of nitrogens with zero attached hydrogens (tertiary/aromatic N) is 2. The van der Waals surface area contributed by atoms with E-state index in [0.717, 1.165) is 24.8 Å². The highest BCUT2D eigenvalue weighted by molar-refractivity contribution is 6.30. The monoisotopic (exact) mass is 372 g/mol. The maximum atomic E-state index is 12.2. The molecule has 1 fully saturated rings. The second-order valence-electron chi connectivity index (χ2n) is 6.76. The molecule has 0 spiro atoms. The highest BCUT2D eigenvalue weighted by atomic mass is 35.5. The minimum Gasteiger partial charge on any atom is -0.352 e. The number of aromatic nitrogens is 2. The van der Waals surface area contributed by atoms with Gasteiger partial charge < -0.3 is 10.6 Å². The molecule has 5 nitrogen and oxygen atoms in total. The van der Waals surface area contributed by atoms with Gasteiger partial charge in [-0.05, 0) is 37.0 Å². The fourth-order valence-corrected chi connectivity index (χ4v) is 3.33. The molecule has 0 unspecified atom stereocenters. The molecule has 2 N–H and O–H groups in total. The molecule has 1 heterocycles. The van der Waals surface area contributed by atoms with Crippen molar-refractivity contribution >= 4 is 23.5 Å². The number of amides is 1. The van der Waals surface area contributed by atoms with Crippen LogP contribution in [0.25, 0.3) is 0 Å². The van der Waals surface area contributed by atoms with Crippen molar-refractivity contribution in [1.82, 2.24) is 15.3 Å². The van der Waals surface area contributed by atoms with Gasteiger partial charge in [-0.1, -0.05) is 49.4 Å². The molecular weight excluding hydrogens is 348 g/mol. The van der Waals surface area contributed by atoms with Crippen molar-refractivity contribution in [1.29, 1.82) is 0 Å². The molecule has 1 aliphatic rings. The highest BCUT2D eigenvalue weighted by Crippen LogP contribution is 2.19. The van der Waals surface area contributed by atoms with Gasteiger partial charge in [0.15, 0.2) is 0 Å². The third-order valence-electron chi connectivity index (χ3n) is 4.71. The number of carbonyl (C=O) groups is 1. The Morgan fingerprint density at radius 2 is 1.69 bits per heavy atom. The highest BCUT2D eigenvalue weighted by Gasteiger charge is 2.13. The normalized spacial score (nSPS) is 15.3. The quantitative estimate of drug-likeness (QED) is 0.744. The van der Waals surface area contributed by atoms with E-state index in [9.17, 15) is 4.79 Å². The first-order valence-electron chi connectivity index (χ1n) is 9.32. The van der Waals surface area contributed by atoms with Gasteiger partial charge in [0.25, 0.3) is 5.91 Å². The summed E-state index contributed by atoms with van der Waals surface area (Å²) in [5.41, 5.74) is 1.61. The molecule has 1 aromatic carbocycles. The Hall–Kier alpha value is -2.14. The Morgan fingerprint density at radius 3 is 2.35 bits per heavy atom. The number of halogens is 1. The number of anilines is 1. The predicted octanol–water partition coefficient (Wildman–Crippen LogP) is 4.24. The zero-order chi connectivity index (χ0) is 18.2. The SMILES string of the molecule is O=C(NCCc1ccc(Cl)cc1)c1cnc(NC2CCCCCC2)nc1. The van der Waals surface area contributed by atoms with E-state index in [1.54, 1.807) is 12.4 Å². The average molecular weight is 373 g/mol.